The lowest BCUT2D eigenvalue weighted by Crippen LogP contribution is -2.19. The summed E-state index contributed by atoms with van der Waals surface area (Å²) in [6.45, 7) is 3.90. The minimum Gasteiger partial charge on any atom is -0.370 e. The van der Waals surface area contributed by atoms with Crippen molar-refractivity contribution in [2.45, 2.75) is 20.0 Å². The van der Waals surface area contributed by atoms with Crippen LogP contribution in [0.3, 0.4) is 0 Å². The molecule has 0 aliphatic rings. The van der Waals surface area contributed by atoms with E-state index >= 15 is 0 Å². The van der Waals surface area contributed by atoms with Gasteiger partial charge in [0, 0.05) is 30.3 Å². The molecule has 2 nitrogen and oxygen atoms in total. The first kappa shape index (κ1) is 15.1. The molecule has 0 bridgehead atoms. The number of nitrogens with one attached hydrogen (secondary N) is 1. The van der Waals surface area contributed by atoms with Gasteiger partial charge in [0.05, 0.1) is 0 Å². The Morgan fingerprint density at radius 3 is 2.45 bits per heavy atom. The molecule has 0 aromatic heterocycles. The van der Waals surface area contributed by atoms with Crippen molar-refractivity contribution in [3.8, 4) is 0 Å². The van der Waals surface area contributed by atoms with E-state index in [1.54, 1.807) is 0 Å². The molecule has 0 amide bonds. The van der Waals surface area contributed by atoms with Crippen molar-refractivity contribution < 1.29 is 0 Å². The van der Waals surface area contributed by atoms with Crippen molar-refractivity contribution in [1.82, 2.24) is 5.32 Å². The third kappa shape index (κ3) is 3.84. The standard InChI is InChI=1S/C17H21BrN2/c1-13-4-6-14(7-5-13)12-20(3)17-10-16(18)9-8-15(17)11-19-2/h4-10,19H,11-12H2,1-3H3. The van der Waals surface area contributed by atoms with E-state index in [9.17, 15) is 0 Å². The van der Waals surface area contributed by atoms with Crippen molar-refractivity contribution in [3.63, 3.8) is 0 Å². The van der Waals surface area contributed by atoms with Gasteiger partial charge in [-0.05, 0) is 37.2 Å². The molecule has 3 heteroatoms. The predicted molar refractivity (Wildman–Crippen MR) is 90.2 cm³/mol. The summed E-state index contributed by atoms with van der Waals surface area (Å²) in [6, 6.07) is 15.2. The number of hydrogen-bond donors (Lipinski definition) is 1. The maximum Gasteiger partial charge on any atom is 0.0426 e. The molecule has 0 atom stereocenters. The third-order valence-electron chi connectivity index (χ3n) is 3.37. The highest BCUT2D eigenvalue weighted by Crippen LogP contribution is 2.25. The van der Waals surface area contributed by atoms with Crippen LogP contribution in [-0.4, -0.2) is 14.1 Å². The molecule has 106 valence electrons. The molecule has 2 rings (SSSR count). The first-order valence-corrected chi connectivity index (χ1v) is 7.59. The maximum atomic E-state index is 3.56. The largest absolute Gasteiger partial charge is 0.370 e. The summed E-state index contributed by atoms with van der Waals surface area (Å²) in [7, 11) is 4.12. The van der Waals surface area contributed by atoms with E-state index < -0.39 is 0 Å². The zero-order chi connectivity index (χ0) is 14.5. The second-order valence-corrected chi connectivity index (χ2v) is 6.06. The average Bonchev–Trinajstić information content (AvgIpc) is 2.43. The fraction of sp³-hybridized carbons (Fsp3) is 0.294. The number of hydrogen-bond acceptors (Lipinski definition) is 2. The lowest BCUT2D eigenvalue weighted by molar-refractivity contribution is 0.805. The molecule has 0 aliphatic heterocycles. The van der Waals surface area contributed by atoms with Crippen molar-refractivity contribution in [2.24, 2.45) is 0 Å². The highest BCUT2D eigenvalue weighted by molar-refractivity contribution is 9.10. The lowest BCUT2D eigenvalue weighted by Gasteiger charge is -2.23. The molecule has 2 aromatic rings. The molecular formula is C17H21BrN2. The molecule has 0 saturated carbocycles. The second-order valence-electron chi connectivity index (χ2n) is 5.15. The van der Waals surface area contributed by atoms with Gasteiger partial charge in [-0.3, -0.25) is 0 Å². The molecule has 0 unspecified atom stereocenters. The predicted octanol–water partition coefficient (Wildman–Crippen LogP) is 4.11. The van der Waals surface area contributed by atoms with Crippen LogP contribution in [0.25, 0.3) is 0 Å². The van der Waals surface area contributed by atoms with Crippen LogP contribution in [0.15, 0.2) is 46.9 Å². The highest BCUT2D eigenvalue weighted by atomic mass is 79.9. The average molecular weight is 333 g/mol. The molecule has 0 fully saturated rings. The molecule has 0 aliphatic carbocycles. The topological polar surface area (TPSA) is 15.3 Å². The summed E-state index contributed by atoms with van der Waals surface area (Å²) < 4.78 is 1.11. The Hall–Kier alpha value is -1.32. The smallest absolute Gasteiger partial charge is 0.0426 e. The number of benzene rings is 2. The highest BCUT2D eigenvalue weighted by Gasteiger charge is 2.08. The van der Waals surface area contributed by atoms with Gasteiger partial charge < -0.3 is 10.2 Å². The van der Waals surface area contributed by atoms with E-state index in [2.05, 4.69) is 82.6 Å². The Morgan fingerprint density at radius 2 is 1.80 bits per heavy atom. The maximum absolute atomic E-state index is 3.56. The molecule has 0 saturated heterocycles. The van der Waals surface area contributed by atoms with Crippen LogP contribution in [0, 0.1) is 6.92 Å². The molecule has 20 heavy (non-hydrogen) atoms. The van der Waals surface area contributed by atoms with Crippen LogP contribution in [0.1, 0.15) is 16.7 Å². The number of anilines is 1. The monoisotopic (exact) mass is 332 g/mol. The minimum absolute atomic E-state index is 0.876. The fourth-order valence-electron chi connectivity index (χ4n) is 2.28. The van der Waals surface area contributed by atoms with E-state index in [4.69, 9.17) is 0 Å². The van der Waals surface area contributed by atoms with E-state index in [0.717, 1.165) is 17.6 Å². The van der Waals surface area contributed by atoms with E-state index in [0.29, 0.717) is 0 Å². The van der Waals surface area contributed by atoms with Gasteiger partial charge in [-0.2, -0.15) is 0 Å². The molecule has 1 N–H and O–H groups in total. The molecule has 0 spiro atoms. The second kappa shape index (κ2) is 6.91. The van der Waals surface area contributed by atoms with Gasteiger partial charge >= 0.3 is 0 Å². The van der Waals surface area contributed by atoms with Crippen LogP contribution in [0.5, 0.6) is 0 Å². The minimum atomic E-state index is 0.876. The SMILES string of the molecule is CNCc1ccc(Br)cc1N(C)Cc1ccc(C)cc1. The van der Waals surface area contributed by atoms with Crippen molar-refractivity contribution in [1.29, 1.82) is 0 Å². The number of aryl methyl sites for hydroxylation is 1. The zero-order valence-electron chi connectivity index (χ0n) is 12.3. The van der Waals surface area contributed by atoms with Gasteiger partial charge in [0.1, 0.15) is 0 Å². The molecule has 0 radical (unpaired) electrons. The van der Waals surface area contributed by atoms with Crippen molar-refractivity contribution in [2.75, 3.05) is 19.0 Å². The summed E-state index contributed by atoms with van der Waals surface area (Å²) in [5.74, 6) is 0. The normalized spacial score (nSPS) is 10.6. The van der Waals surface area contributed by atoms with Gasteiger partial charge in [0.2, 0.25) is 0 Å². The summed E-state index contributed by atoms with van der Waals surface area (Å²) in [6.07, 6.45) is 0. The lowest BCUT2D eigenvalue weighted by atomic mass is 10.1. The number of nitrogens with zero attached hydrogens (tertiary/aromatic N) is 1. The Bertz CT molecular complexity index is 564. The summed E-state index contributed by atoms with van der Waals surface area (Å²) in [4.78, 5) is 2.29. The molecular weight excluding hydrogens is 312 g/mol. The Labute approximate surface area is 129 Å². The number of halogens is 1. The Kier molecular flexibility index (Phi) is 5.21. The van der Waals surface area contributed by atoms with E-state index in [1.807, 2.05) is 7.05 Å². The Balaban J connectivity index is 2.21. The van der Waals surface area contributed by atoms with Gasteiger partial charge in [-0.15, -0.1) is 0 Å². The first-order valence-electron chi connectivity index (χ1n) is 6.80. The van der Waals surface area contributed by atoms with Crippen molar-refractivity contribution >= 4 is 21.6 Å². The summed E-state index contributed by atoms with van der Waals surface area (Å²) in [5.41, 5.74) is 5.20. The van der Waals surface area contributed by atoms with Crippen LogP contribution < -0.4 is 10.2 Å². The van der Waals surface area contributed by atoms with Gasteiger partial charge in [0.25, 0.3) is 0 Å². The van der Waals surface area contributed by atoms with Crippen LogP contribution in [0.4, 0.5) is 5.69 Å². The van der Waals surface area contributed by atoms with Gasteiger partial charge in [-0.25, -0.2) is 0 Å². The Morgan fingerprint density at radius 1 is 1.10 bits per heavy atom. The van der Waals surface area contributed by atoms with Gasteiger partial charge in [-0.1, -0.05) is 51.8 Å². The van der Waals surface area contributed by atoms with Crippen LogP contribution in [0.2, 0.25) is 0 Å². The van der Waals surface area contributed by atoms with Crippen molar-refractivity contribution in [3.05, 3.63) is 63.6 Å². The van der Waals surface area contributed by atoms with E-state index in [1.165, 1.54) is 22.4 Å². The summed E-state index contributed by atoms with van der Waals surface area (Å²) >= 11 is 3.56. The van der Waals surface area contributed by atoms with Crippen LogP contribution in [-0.2, 0) is 13.1 Å². The third-order valence-corrected chi connectivity index (χ3v) is 3.86. The van der Waals surface area contributed by atoms with Crippen LogP contribution >= 0.6 is 15.9 Å². The number of rotatable bonds is 5. The first-order chi connectivity index (χ1) is 9.60. The molecule has 2 aromatic carbocycles. The summed E-state index contributed by atoms with van der Waals surface area (Å²) in [5, 5.41) is 3.23. The fourth-order valence-corrected chi connectivity index (χ4v) is 2.63. The van der Waals surface area contributed by atoms with E-state index in [-0.39, 0.29) is 0 Å². The quantitative estimate of drug-likeness (QED) is 0.886. The van der Waals surface area contributed by atoms with Gasteiger partial charge in [0.15, 0.2) is 0 Å². The zero-order valence-corrected chi connectivity index (χ0v) is 13.9. The molecule has 0 heterocycles.